The minimum atomic E-state index is -0.327. The van der Waals surface area contributed by atoms with Gasteiger partial charge in [0.2, 0.25) is 0 Å². The fraction of sp³-hybridized carbons (Fsp3) is 0.333. The van der Waals surface area contributed by atoms with E-state index in [2.05, 4.69) is 0 Å². The molecule has 3 heteroatoms. The van der Waals surface area contributed by atoms with Gasteiger partial charge >= 0.3 is 5.97 Å². The van der Waals surface area contributed by atoms with Crippen molar-refractivity contribution in [2.24, 2.45) is 0 Å². The van der Waals surface area contributed by atoms with Gasteiger partial charge in [0.15, 0.2) is 5.78 Å². The Bertz CT molecular complexity index is 407. The third-order valence-electron chi connectivity index (χ3n) is 2.41. The van der Waals surface area contributed by atoms with Crippen molar-refractivity contribution in [3.63, 3.8) is 0 Å². The number of carbonyl (C=O) groups is 2. The first-order chi connectivity index (χ1) is 8.74. The normalized spacial score (nSPS) is 10.5. The number of allylic oxidation sites excluding steroid dienone is 1. The van der Waals surface area contributed by atoms with Crippen LogP contribution in [0.15, 0.2) is 42.5 Å². The van der Waals surface area contributed by atoms with Crippen molar-refractivity contribution in [2.45, 2.75) is 26.2 Å². The number of benzene rings is 1. The smallest absolute Gasteiger partial charge is 0.330 e. The lowest BCUT2D eigenvalue weighted by atomic mass is 10.1. The molecule has 1 aromatic carbocycles. The van der Waals surface area contributed by atoms with E-state index >= 15 is 0 Å². The van der Waals surface area contributed by atoms with Crippen LogP contribution in [0.2, 0.25) is 0 Å². The van der Waals surface area contributed by atoms with E-state index in [9.17, 15) is 9.59 Å². The number of carbonyl (C=O) groups excluding carboxylic acids is 2. The molecular weight excluding hydrogens is 228 g/mol. The van der Waals surface area contributed by atoms with Gasteiger partial charge < -0.3 is 4.74 Å². The van der Waals surface area contributed by atoms with Crippen LogP contribution >= 0.6 is 0 Å². The van der Waals surface area contributed by atoms with Crippen molar-refractivity contribution < 1.29 is 14.3 Å². The van der Waals surface area contributed by atoms with Crippen molar-refractivity contribution in [1.82, 2.24) is 0 Å². The largest absolute Gasteiger partial charge is 0.463 e. The lowest BCUT2D eigenvalue weighted by molar-refractivity contribution is -0.137. The van der Waals surface area contributed by atoms with E-state index in [0.717, 1.165) is 12.0 Å². The van der Waals surface area contributed by atoms with Gasteiger partial charge in [0.05, 0.1) is 6.61 Å². The van der Waals surface area contributed by atoms with Crippen molar-refractivity contribution in [2.75, 3.05) is 6.61 Å². The molecule has 0 aliphatic heterocycles. The van der Waals surface area contributed by atoms with Gasteiger partial charge in [-0.1, -0.05) is 36.4 Å². The highest BCUT2D eigenvalue weighted by Crippen LogP contribution is 2.06. The molecule has 0 aliphatic rings. The summed E-state index contributed by atoms with van der Waals surface area (Å²) in [6.07, 6.45) is 5.10. The molecule has 0 fully saturated rings. The van der Waals surface area contributed by atoms with Crippen LogP contribution in [0.25, 0.3) is 0 Å². The molecule has 0 N–H and O–H groups in total. The molecule has 96 valence electrons. The highest BCUT2D eigenvalue weighted by molar-refractivity contribution is 5.95. The number of rotatable bonds is 7. The summed E-state index contributed by atoms with van der Waals surface area (Å²) in [5, 5.41) is 0. The Hall–Kier alpha value is -1.90. The maximum Gasteiger partial charge on any atom is 0.330 e. The fourth-order valence-corrected chi connectivity index (χ4v) is 1.52. The fourth-order valence-electron chi connectivity index (χ4n) is 1.52. The number of ketones is 1. The van der Waals surface area contributed by atoms with Crippen LogP contribution in [-0.4, -0.2) is 18.4 Å². The quantitative estimate of drug-likeness (QED) is 0.321. The Balaban J connectivity index is 2.22. The SMILES string of the molecule is CCOC(=O)C=CCCCC(=O)c1ccccc1. The Morgan fingerprint density at radius 3 is 2.61 bits per heavy atom. The Morgan fingerprint density at radius 1 is 1.22 bits per heavy atom. The summed E-state index contributed by atoms with van der Waals surface area (Å²) in [7, 11) is 0. The van der Waals surface area contributed by atoms with Gasteiger partial charge in [-0.05, 0) is 19.8 Å². The standard InChI is InChI=1S/C15H18O3/c1-2-18-15(17)12-8-4-7-11-14(16)13-9-5-3-6-10-13/h3,5-6,8-10,12H,2,4,7,11H2,1H3. The summed E-state index contributed by atoms with van der Waals surface area (Å²) in [6, 6.07) is 9.23. The van der Waals surface area contributed by atoms with Crippen LogP contribution in [0.1, 0.15) is 36.5 Å². The van der Waals surface area contributed by atoms with Crippen LogP contribution < -0.4 is 0 Å². The van der Waals surface area contributed by atoms with E-state index in [1.165, 1.54) is 6.08 Å². The van der Waals surface area contributed by atoms with Crippen LogP contribution in [0.5, 0.6) is 0 Å². The molecule has 1 aromatic rings. The molecule has 18 heavy (non-hydrogen) atoms. The van der Waals surface area contributed by atoms with Crippen LogP contribution in [0.4, 0.5) is 0 Å². The van der Waals surface area contributed by atoms with E-state index in [1.807, 2.05) is 30.3 Å². The molecule has 0 aromatic heterocycles. The molecule has 0 atom stereocenters. The second kappa shape index (κ2) is 8.23. The Morgan fingerprint density at radius 2 is 1.94 bits per heavy atom. The first kappa shape index (κ1) is 14.2. The minimum Gasteiger partial charge on any atom is -0.463 e. The van der Waals surface area contributed by atoms with Gasteiger partial charge in [0, 0.05) is 18.1 Å². The minimum absolute atomic E-state index is 0.139. The maximum absolute atomic E-state index is 11.7. The highest BCUT2D eigenvalue weighted by Gasteiger charge is 2.03. The maximum atomic E-state index is 11.7. The second-order valence-corrected chi connectivity index (χ2v) is 3.84. The topological polar surface area (TPSA) is 43.4 Å². The Kier molecular flexibility index (Phi) is 6.47. The van der Waals surface area contributed by atoms with E-state index in [4.69, 9.17) is 4.74 Å². The third kappa shape index (κ3) is 5.43. The number of esters is 1. The zero-order chi connectivity index (χ0) is 13.2. The van der Waals surface area contributed by atoms with E-state index in [0.29, 0.717) is 19.4 Å². The first-order valence-electron chi connectivity index (χ1n) is 6.15. The molecule has 0 unspecified atom stereocenters. The summed E-state index contributed by atoms with van der Waals surface area (Å²) in [5.41, 5.74) is 0.742. The molecule has 0 radical (unpaired) electrons. The molecule has 0 heterocycles. The zero-order valence-electron chi connectivity index (χ0n) is 10.6. The lowest BCUT2D eigenvalue weighted by Crippen LogP contribution is -1.99. The summed E-state index contributed by atoms with van der Waals surface area (Å²) in [4.78, 5) is 22.7. The van der Waals surface area contributed by atoms with E-state index < -0.39 is 0 Å². The molecule has 0 saturated carbocycles. The van der Waals surface area contributed by atoms with E-state index in [1.54, 1.807) is 13.0 Å². The number of hydrogen-bond donors (Lipinski definition) is 0. The van der Waals surface area contributed by atoms with Gasteiger partial charge in [0.1, 0.15) is 0 Å². The van der Waals surface area contributed by atoms with Crippen LogP contribution in [-0.2, 0) is 9.53 Å². The predicted molar refractivity (Wildman–Crippen MR) is 70.4 cm³/mol. The summed E-state index contributed by atoms with van der Waals surface area (Å²) >= 11 is 0. The molecule has 0 aliphatic carbocycles. The second-order valence-electron chi connectivity index (χ2n) is 3.84. The molecule has 0 spiro atoms. The van der Waals surface area contributed by atoms with Crippen molar-refractivity contribution in [1.29, 1.82) is 0 Å². The average Bonchev–Trinajstić information content (AvgIpc) is 2.39. The zero-order valence-corrected chi connectivity index (χ0v) is 10.6. The van der Waals surface area contributed by atoms with Gasteiger partial charge in [-0.3, -0.25) is 4.79 Å². The molecule has 1 rings (SSSR count). The molecule has 3 nitrogen and oxygen atoms in total. The number of unbranched alkanes of at least 4 members (excludes halogenated alkanes) is 1. The third-order valence-corrected chi connectivity index (χ3v) is 2.41. The van der Waals surface area contributed by atoms with Gasteiger partial charge in [-0.25, -0.2) is 4.79 Å². The van der Waals surface area contributed by atoms with Gasteiger partial charge in [-0.15, -0.1) is 0 Å². The van der Waals surface area contributed by atoms with Gasteiger partial charge in [-0.2, -0.15) is 0 Å². The molecule has 0 saturated heterocycles. The monoisotopic (exact) mass is 246 g/mol. The number of Topliss-reactive ketones (excluding diaryl/α,β-unsaturated/α-hetero) is 1. The Labute approximate surface area is 107 Å². The van der Waals surface area contributed by atoms with E-state index in [-0.39, 0.29) is 11.8 Å². The average molecular weight is 246 g/mol. The van der Waals surface area contributed by atoms with Crippen molar-refractivity contribution in [3.8, 4) is 0 Å². The predicted octanol–water partition coefficient (Wildman–Crippen LogP) is 3.16. The molecule has 0 amide bonds. The number of hydrogen-bond acceptors (Lipinski definition) is 3. The molecule has 0 bridgehead atoms. The highest BCUT2D eigenvalue weighted by atomic mass is 16.5. The van der Waals surface area contributed by atoms with Crippen molar-refractivity contribution >= 4 is 11.8 Å². The molecular formula is C15H18O3. The lowest BCUT2D eigenvalue weighted by Gasteiger charge is -1.99. The van der Waals surface area contributed by atoms with Crippen LogP contribution in [0.3, 0.4) is 0 Å². The summed E-state index contributed by atoms with van der Waals surface area (Å²) in [6.45, 7) is 2.15. The van der Waals surface area contributed by atoms with Gasteiger partial charge in [0.25, 0.3) is 0 Å². The number of ether oxygens (including phenoxy) is 1. The van der Waals surface area contributed by atoms with Crippen LogP contribution in [0, 0.1) is 0 Å². The summed E-state index contributed by atoms with van der Waals surface area (Å²) < 4.78 is 4.75. The summed E-state index contributed by atoms with van der Waals surface area (Å²) in [5.74, 6) is -0.188. The van der Waals surface area contributed by atoms with Crippen molar-refractivity contribution in [3.05, 3.63) is 48.0 Å². The first-order valence-corrected chi connectivity index (χ1v) is 6.15.